The number of hydrogen-bond acceptors (Lipinski definition) is 5. The van der Waals surface area contributed by atoms with Gasteiger partial charge in [-0.1, -0.05) is 6.07 Å². The molecule has 0 unspecified atom stereocenters. The molecule has 1 amide bonds. The SMILES string of the molecule is Nc1n[nH]nc1C(=O)Nc1ccccn1. The molecule has 0 radical (unpaired) electrons. The van der Waals surface area contributed by atoms with Gasteiger partial charge in [-0.15, -0.1) is 10.2 Å². The number of carbonyl (C=O) groups excluding carboxylic acids is 1. The van der Waals surface area contributed by atoms with Crippen molar-refractivity contribution in [3.8, 4) is 0 Å². The molecule has 2 aromatic heterocycles. The van der Waals surface area contributed by atoms with E-state index in [1.165, 1.54) is 0 Å². The second-order valence-corrected chi connectivity index (χ2v) is 2.73. The van der Waals surface area contributed by atoms with Gasteiger partial charge in [0.2, 0.25) is 0 Å². The quantitative estimate of drug-likeness (QED) is 0.639. The molecule has 7 heteroatoms. The topological polar surface area (TPSA) is 110 Å². The monoisotopic (exact) mass is 204 g/mol. The first-order valence-electron chi connectivity index (χ1n) is 4.16. The Hall–Kier alpha value is -2.44. The van der Waals surface area contributed by atoms with Crippen molar-refractivity contribution in [1.29, 1.82) is 0 Å². The summed E-state index contributed by atoms with van der Waals surface area (Å²) in [7, 11) is 0. The number of pyridine rings is 1. The molecule has 0 aliphatic heterocycles. The zero-order valence-electron chi connectivity index (χ0n) is 7.64. The molecule has 0 spiro atoms. The van der Waals surface area contributed by atoms with Crippen LogP contribution < -0.4 is 11.1 Å². The Kier molecular flexibility index (Phi) is 2.28. The van der Waals surface area contributed by atoms with E-state index >= 15 is 0 Å². The summed E-state index contributed by atoms with van der Waals surface area (Å²) in [6.45, 7) is 0. The highest BCUT2D eigenvalue weighted by atomic mass is 16.2. The van der Waals surface area contributed by atoms with E-state index in [1.807, 2.05) is 0 Å². The minimum Gasteiger partial charge on any atom is -0.380 e. The maximum absolute atomic E-state index is 11.5. The van der Waals surface area contributed by atoms with E-state index in [0.29, 0.717) is 5.82 Å². The molecule has 0 saturated carbocycles. The molecule has 0 bridgehead atoms. The van der Waals surface area contributed by atoms with Gasteiger partial charge >= 0.3 is 0 Å². The van der Waals surface area contributed by atoms with Crippen LogP contribution in [0.1, 0.15) is 10.5 Å². The fraction of sp³-hybridized carbons (Fsp3) is 0. The number of H-pyrrole nitrogens is 1. The highest BCUT2D eigenvalue weighted by molar-refractivity contribution is 6.05. The molecule has 4 N–H and O–H groups in total. The predicted molar refractivity (Wildman–Crippen MR) is 53.0 cm³/mol. The molecule has 0 saturated heterocycles. The summed E-state index contributed by atoms with van der Waals surface area (Å²) in [5, 5.41) is 11.9. The van der Waals surface area contributed by atoms with Crippen LogP contribution in [0.4, 0.5) is 11.6 Å². The van der Waals surface area contributed by atoms with Crippen molar-refractivity contribution >= 4 is 17.5 Å². The van der Waals surface area contributed by atoms with Crippen LogP contribution in [-0.4, -0.2) is 26.3 Å². The Morgan fingerprint density at radius 3 is 2.87 bits per heavy atom. The van der Waals surface area contributed by atoms with Crippen LogP contribution in [0.2, 0.25) is 0 Å². The molecule has 2 heterocycles. The van der Waals surface area contributed by atoms with Crippen LogP contribution in [-0.2, 0) is 0 Å². The van der Waals surface area contributed by atoms with E-state index in [1.54, 1.807) is 24.4 Å². The summed E-state index contributed by atoms with van der Waals surface area (Å²) in [5.41, 5.74) is 5.47. The van der Waals surface area contributed by atoms with Crippen molar-refractivity contribution in [2.45, 2.75) is 0 Å². The van der Waals surface area contributed by atoms with Crippen LogP contribution in [0, 0.1) is 0 Å². The standard InChI is InChI=1S/C8H8N6O/c9-7-6(12-14-13-7)8(15)11-5-3-1-2-4-10-5/h1-4H,(H,10,11,15)(H3,9,12,13,14). The van der Waals surface area contributed by atoms with Gasteiger partial charge in [0.15, 0.2) is 11.5 Å². The minimum absolute atomic E-state index is 0.0562. The number of nitrogens with one attached hydrogen (secondary N) is 2. The summed E-state index contributed by atoms with van der Waals surface area (Å²) in [5.74, 6) is 0.0493. The number of nitrogens with zero attached hydrogens (tertiary/aromatic N) is 3. The molecule has 2 rings (SSSR count). The Morgan fingerprint density at radius 1 is 1.40 bits per heavy atom. The number of nitrogens with two attached hydrogens (primary N) is 1. The Bertz CT molecular complexity index is 465. The van der Waals surface area contributed by atoms with Gasteiger partial charge < -0.3 is 11.1 Å². The molecule has 2 aromatic rings. The first-order chi connectivity index (χ1) is 7.27. The Morgan fingerprint density at radius 2 is 2.27 bits per heavy atom. The lowest BCUT2D eigenvalue weighted by atomic mass is 10.4. The summed E-state index contributed by atoms with van der Waals surface area (Å²) < 4.78 is 0. The van der Waals surface area contributed by atoms with Crippen LogP contribution in [0.25, 0.3) is 0 Å². The summed E-state index contributed by atoms with van der Waals surface area (Å²) >= 11 is 0. The Labute approximate surface area is 84.7 Å². The third-order valence-electron chi connectivity index (χ3n) is 1.70. The molecule has 0 atom stereocenters. The lowest BCUT2D eigenvalue weighted by Crippen LogP contribution is -2.15. The lowest BCUT2D eigenvalue weighted by Gasteiger charge is -2.00. The summed E-state index contributed by atoms with van der Waals surface area (Å²) in [6, 6.07) is 5.17. The second kappa shape index (κ2) is 3.74. The van der Waals surface area contributed by atoms with Crippen molar-refractivity contribution in [3.05, 3.63) is 30.1 Å². The van der Waals surface area contributed by atoms with E-state index in [0.717, 1.165) is 0 Å². The first-order valence-corrected chi connectivity index (χ1v) is 4.16. The predicted octanol–water partition coefficient (Wildman–Crippen LogP) is 0.0342. The van der Waals surface area contributed by atoms with Crippen molar-refractivity contribution in [2.24, 2.45) is 0 Å². The van der Waals surface area contributed by atoms with Gasteiger partial charge in [0.1, 0.15) is 5.82 Å². The average Bonchev–Trinajstić information content (AvgIpc) is 2.66. The maximum atomic E-state index is 11.5. The van der Waals surface area contributed by atoms with Gasteiger partial charge in [-0.05, 0) is 12.1 Å². The number of carbonyl (C=O) groups is 1. The number of anilines is 2. The summed E-state index contributed by atoms with van der Waals surface area (Å²) in [6.07, 6.45) is 1.57. The highest BCUT2D eigenvalue weighted by Crippen LogP contribution is 2.06. The lowest BCUT2D eigenvalue weighted by molar-refractivity contribution is 0.102. The highest BCUT2D eigenvalue weighted by Gasteiger charge is 2.14. The zero-order chi connectivity index (χ0) is 10.7. The van der Waals surface area contributed by atoms with Crippen LogP contribution in [0.3, 0.4) is 0 Å². The third kappa shape index (κ3) is 1.90. The Balaban J connectivity index is 2.15. The second-order valence-electron chi connectivity index (χ2n) is 2.73. The number of amides is 1. The maximum Gasteiger partial charge on any atom is 0.281 e. The van der Waals surface area contributed by atoms with Crippen molar-refractivity contribution in [1.82, 2.24) is 20.4 Å². The number of hydrogen-bond donors (Lipinski definition) is 3. The van der Waals surface area contributed by atoms with Crippen LogP contribution in [0.5, 0.6) is 0 Å². The molecular weight excluding hydrogens is 196 g/mol. The van der Waals surface area contributed by atoms with Crippen molar-refractivity contribution in [2.75, 3.05) is 11.1 Å². The molecule has 0 fully saturated rings. The fourth-order valence-electron chi connectivity index (χ4n) is 1.02. The zero-order valence-corrected chi connectivity index (χ0v) is 7.64. The van der Waals surface area contributed by atoms with Crippen molar-refractivity contribution in [3.63, 3.8) is 0 Å². The van der Waals surface area contributed by atoms with E-state index < -0.39 is 5.91 Å². The fourth-order valence-corrected chi connectivity index (χ4v) is 1.02. The molecule has 15 heavy (non-hydrogen) atoms. The van der Waals surface area contributed by atoms with Gasteiger partial charge in [0.05, 0.1) is 0 Å². The average molecular weight is 204 g/mol. The molecule has 0 aliphatic carbocycles. The number of rotatable bonds is 2. The van der Waals surface area contributed by atoms with Gasteiger partial charge in [-0.3, -0.25) is 4.79 Å². The third-order valence-corrected chi connectivity index (χ3v) is 1.70. The smallest absolute Gasteiger partial charge is 0.281 e. The molecule has 0 aromatic carbocycles. The van der Waals surface area contributed by atoms with Gasteiger partial charge in [-0.2, -0.15) is 5.21 Å². The van der Waals surface area contributed by atoms with E-state index in [-0.39, 0.29) is 11.5 Å². The molecule has 0 aliphatic rings. The van der Waals surface area contributed by atoms with Crippen LogP contribution >= 0.6 is 0 Å². The first kappa shape index (κ1) is 9.13. The normalized spacial score (nSPS) is 9.87. The molecule has 76 valence electrons. The minimum atomic E-state index is -0.444. The molecular formula is C8H8N6O. The van der Waals surface area contributed by atoms with Crippen LogP contribution in [0.15, 0.2) is 24.4 Å². The van der Waals surface area contributed by atoms with E-state index in [9.17, 15) is 4.79 Å². The largest absolute Gasteiger partial charge is 0.380 e. The van der Waals surface area contributed by atoms with Gasteiger partial charge in [0.25, 0.3) is 5.91 Å². The number of nitrogen functional groups attached to an aromatic ring is 1. The number of aromatic amines is 1. The van der Waals surface area contributed by atoms with Crippen molar-refractivity contribution < 1.29 is 4.79 Å². The summed E-state index contributed by atoms with van der Waals surface area (Å²) in [4.78, 5) is 15.5. The number of aromatic nitrogens is 4. The van der Waals surface area contributed by atoms with Gasteiger partial charge in [0, 0.05) is 6.20 Å². The molecule has 7 nitrogen and oxygen atoms in total. The van der Waals surface area contributed by atoms with Gasteiger partial charge in [-0.25, -0.2) is 4.98 Å². The van der Waals surface area contributed by atoms with E-state index in [4.69, 9.17) is 5.73 Å². The van der Waals surface area contributed by atoms with E-state index in [2.05, 4.69) is 25.7 Å².